The van der Waals surface area contributed by atoms with Crippen LogP contribution in [0.5, 0.6) is 0 Å². The molecule has 15 heavy (non-hydrogen) atoms. The van der Waals surface area contributed by atoms with E-state index in [1.807, 2.05) is 0 Å². The van der Waals surface area contributed by atoms with E-state index in [1.54, 1.807) is 6.08 Å². The van der Waals surface area contributed by atoms with E-state index in [4.69, 9.17) is 0 Å². The standard InChI is InChI=1S/C12H20N2O/c15-10-13-11-5-4-8-14(9-11)12-6-2-1-3-7-12/h11-12H,1-9H2. The van der Waals surface area contributed by atoms with Crippen molar-refractivity contribution in [2.45, 2.75) is 57.0 Å². The van der Waals surface area contributed by atoms with Crippen molar-refractivity contribution in [3.63, 3.8) is 0 Å². The third-order valence-electron chi connectivity index (χ3n) is 3.75. The number of rotatable bonds is 2. The van der Waals surface area contributed by atoms with Gasteiger partial charge in [-0.05, 0) is 32.2 Å². The first-order valence-electron chi connectivity index (χ1n) is 6.21. The maximum Gasteiger partial charge on any atom is 0.235 e. The summed E-state index contributed by atoms with van der Waals surface area (Å²) in [5.74, 6) is 0. The van der Waals surface area contributed by atoms with Crippen molar-refractivity contribution < 1.29 is 4.79 Å². The molecular weight excluding hydrogens is 188 g/mol. The molecule has 84 valence electrons. The minimum atomic E-state index is 0.221. The number of carbonyl (C=O) groups excluding carboxylic acids is 1. The lowest BCUT2D eigenvalue weighted by molar-refractivity contribution is 0.120. The van der Waals surface area contributed by atoms with Gasteiger partial charge in [-0.3, -0.25) is 4.90 Å². The predicted octanol–water partition coefficient (Wildman–Crippen LogP) is 2.12. The molecule has 2 aliphatic rings. The molecule has 1 unspecified atom stereocenters. The summed E-state index contributed by atoms with van der Waals surface area (Å²) in [4.78, 5) is 16.7. The number of isocyanates is 1. The zero-order valence-corrected chi connectivity index (χ0v) is 9.32. The van der Waals surface area contributed by atoms with Gasteiger partial charge in [0.1, 0.15) is 0 Å². The Bertz CT molecular complexity index is 242. The van der Waals surface area contributed by atoms with Crippen molar-refractivity contribution in [1.29, 1.82) is 0 Å². The number of aliphatic imine (C=N–C) groups is 1. The SMILES string of the molecule is O=C=NC1CCCN(C2CCCCC2)C1. The van der Waals surface area contributed by atoms with Gasteiger partial charge in [0.2, 0.25) is 6.08 Å². The molecule has 0 aromatic heterocycles. The Morgan fingerprint density at radius 1 is 1.07 bits per heavy atom. The van der Waals surface area contributed by atoms with Gasteiger partial charge in [0.15, 0.2) is 0 Å². The fourth-order valence-corrected chi connectivity index (χ4v) is 2.94. The van der Waals surface area contributed by atoms with Crippen molar-refractivity contribution in [2.24, 2.45) is 4.99 Å². The highest BCUT2D eigenvalue weighted by Gasteiger charge is 2.26. The molecule has 1 aliphatic heterocycles. The number of piperidine rings is 1. The van der Waals surface area contributed by atoms with E-state index in [0.29, 0.717) is 0 Å². The highest BCUT2D eigenvalue weighted by molar-refractivity contribution is 5.33. The van der Waals surface area contributed by atoms with Gasteiger partial charge < -0.3 is 0 Å². The summed E-state index contributed by atoms with van der Waals surface area (Å²) in [7, 11) is 0. The van der Waals surface area contributed by atoms with Crippen LogP contribution in [0.1, 0.15) is 44.9 Å². The number of hydrogen-bond donors (Lipinski definition) is 0. The highest BCUT2D eigenvalue weighted by Crippen LogP contribution is 2.25. The Labute approximate surface area is 91.6 Å². The van der Waals surface area contributed by atoms with Crippen LogP contribution >= 0.6 is 0 Å². The van der Waals surface area contributed by atoms with Crippen molar-refractivity contribution in [2.75, 3.05) is 13.1 Å². The van der Waals surface area contributed by atoms with E-state index in [-0.39, 0.29) is 6.04 Å². The molecule has 0 amide bonds. The van der Waals surface area contributed by atoms with Crippen LogP contribution in [-0.2, 0) is 4.79 Å². The van der Waals surface area contributed by atoms with Gasteiger partial charge in [-0.25, -0.2) is 9.79 Å². The van der Waals surface area contributed by atoms with Gasteiger partial charge in [-0.1, -0.05) is 19.3 Å². The summed E-state index contributed by atoms with van der Waals surface area (Å²) in [6.45, 7) is 2.19. The molecule has 0 radical (unpaired) electrons. The van der Waals surface area contributed by atoms with Crippen LogP contribution in [-0.4, -0.2) is 36.2 Å². The van der Waals surface area contributed by atoms with Crippen LogP contribution < -0.4 is 0 Å². The van der Waals surface area contributed by atoms with Crippen LogP contribution in [0.3, 0.4) is 0 Å². The molecule has 0 aromatic rings. The molecule has 1 heterocycles. The van der Waals surface area contributed by atoms with E-state index < -0.39 is 0 Å². The molecule has 3 heteroatoms. The molecular formula is C12H20N2O. The van der Waals surface area contributed by atoms with Crippen molar-refractivity contribution in [3.8, 4) is 0 Å². The second-order valence-corrected chi connectivity index (χ2v) is 4.80. The molecule has 0 spiro atoms. The first-order chi connectivity index (χ1) is 7.40. The van der Waals surface area contributed by atoms with Crippen molar-refractivity contribution in [3.05, 3.63) is 0 Å². The van der Waals surface area contributed by atoms with Gasteiger partial charge in [-0.15, -0.1) is 0 Å². The summed E-state index contributed by atoms with van der Waals surface area (Å²) in [6.07, 6.45) is 10.8. The Kier molecular flexibility index (Phi) is 3.93. The monoisotopic (exact) mass is 208 g/mol. The van der Waals surface area contributed by atoms with Gasteiger partial charge in [0.05, 0.1) is 6.04 Å². The van der Waals surface area contributed by atoms with Crippen LogP contribution in [0.2, 0.25) is 0 Å². The van der Waals surface area contributed by atoms with Crippen molar-refractivity contribution >= 4 is 6.08 Å². The second kappa shape index (κ2) is 5.43. The largest absolute Gasteiger partial charge is 0.298 e. The lowest BCUT2D eigenvalue weighted by Crippen LogP contribution is -2.44. The maximum atomic E-state index is 10.2. The number of likely N-dealkylation sites (tertiary alicyclic amines) is 1. The molecule has 1 saturated heterocycles. The average Bonchev–Trinajstić information content (AvgIpc) is 2.31. The van der Waals surface area contributed by atoms with Crippen LogP contribution in [0.25, 0.3) is 0 Å². The zero-order valence-electron chi connectivity index (χ0n) is 9.32. The molecule has 1 aliphatic carbocycles. The summed E-state index contributed by atoms with van der Waals surface area (Å²) in [5.41, 5.74) is 0. The molecule has 2 fully saturated rings. The van der Waals surface area contributed by atoms with E-state index in [9.17, 15) is 4.79 Å². The van der Waals surface area contributed by atoms with E-state index in [1.165, 1.54) is 45.1 Å². The summed E-state index contributed by atoms with van der Waals surface area (Å²) in [5, 5.41) is 0. The Hall–Kier alpha value is -0.660. The lowest BCUT2D eigenvalue weighted by Gasteiger charge is -2.38. The highest BCUT2D eigenvalue weighted by atomic mass is 16.1. The summed E-state index contributed by atoms with van der Waals surface area (Å²) < 4.78 is 0. The molecule has 1 saturated carbocycles. The Morgan fingerprint density at radius 2 is 1.87 bits per heavy atom. The van der Waals surface area contributed by atoms with Crippen LogP contribution in [0.15, 0.2) is 4.99 Å². The average molecular weight is 208 g/mol. The first kappa shape index (κ1) is 10.8. The van der Waals surface area contributed by atoms with Gasteiger partial charge in [0.25, 0.3) is 0 Å². The minimum absolute atomic E-state index is 0.221. The summed E-state index contributed by atoms with van der Waals surface area (Å²) >= 11 is 0. The smallest absolute Gasteiger partial charge is 0.235 e. The first-order valence-corrected chi connectivity index (χ1v) is 6.21. The zero-order chi connectivity index (χ0) is 10.5. The third kappa shape index (κ3) is 2.90. The molecule has 0 aromatic carbocycles. The third-order valence-corrected chi connectivity index (χ3v) is 3.75. The maximum absolute atomic E-state index is 10.2. The fraction of sp³-hybridized carbons (Fsp3) is 0.917. The summed E-state index contributed by atoms with van der Waals surface area (Å²) in [6, 6.07) is 0.988. The van der Waals surface area contributed by atoms with E-state index in [2.05, 4.69) is 9.89 Å². The quantitative estimate of drug-likeness (QED) is 0.514. The number of nitrogens with zero attached hydrogens (tertiary/aromatic N) is 2. The number of hydrogen-bond acceptors (Lipinski definition) is 3. The fourth-order valence-electron chi connectivity index (χ4n) is 2.94. The van der Waals surface area contributed by atoms with E-state index >= 15 is 0 Å². The molecule has 1 atom stereocenters. The topological polar surface area (TPSA) is 32.7 Å². The van der Waals surface area contributed by atoms with E-state index in [0.717, 1.165) is 19.0 Å². The molecule has 0 bridgehead atoms. The molecule has 2 rings (SSSR count). The molecule has 0 N–H and O–H groups in total. The van der Waals surface area contributed by atoms with Crippen molar-refractivity contribution in [1.82, 2.24) is 4.90 Å². The second-order valence-electron chi connectivity index (χ2n) is 4.80. The predicted molar refractivity (Wildman–Crippen MR) is 59.6 cm³/mol. The van der Waals surface area contributed by atoms with Gasteiger partial charge in [0, 0.05) is 12.6 Å². The molecule has 3 nitrogen and oxygen atoms in total. The lowest BCUT2D eigenvalue weighted by atomic mass is 9.92. The van der Waals surface area contributed by atoms with Crippen LogP contribution in [0, 0.1) is 0 Å². The Morgan fingerprint density at radius 3 is 2.60 bits per heavy atom. The van der Waals surface area contributed by atoms with Gasteiger partial charge >= 0.3 is 0 Å². The van der Waals surface area contributed by atoms with Crippen LogP contribution in [0.4, 0.5) is 0 Å². The van der Waals surface area contributed by atoms with Gasteiger partial charge in [-0.2, -0.15) is 0 Å². The Balaban J connectivity index is 1.88. The normalized spacial score (nSPS) is 29.7. The minimum Gasteiger partial charge on any atom is -0.298 e.